The molecule has 0 unspecified atom stereocenters. The summed E-state index contributed by atoms with van der Waals surface area (Å²) in [6, 6.07) is 3.13. The number of nitrogens with one attached hydrogen (secondary N) is 2. The molecule has 0 radical (unpaired) electrons. The molecule has 1 heterocycles. The van der Waals surface area contributed by atoms with Gasteiger partial charge in [-0.2, -0.15) is 0 Å². The summed E-state index contributed by atoms with van der Waals surface area (Å²) in [6.07, 6.45) is 0. The SMILES string of the molecule is CC(C)[C@H](NC(=O)c1cccc(=O)[nH]1)C(=O)O. The molecule has 1 amide bonds. The van der Waals surface area contributed by atoms with Gasteiger partial charge in [-0.05, 0) is 12.0 Å². The second kappa shape index (κ2) is 5.29. The molecule has 1 aromatic rings. The number of aromatic amines is 1. The molecule has 1 rings (SSSR count). The summed E-state index contributed by atoms with van der Waals surface area (Å²) in [7, 11) is 0. The van der Waals surface area contributed by atoms with Crippen molar-refractivity contribution in [1.82, 2.24) is 10.3 Å². The van der Waals surface area contributed by atoms with E-state index in [1.54, 1.807) is 13.8 Å². The second-order valence-electron chi connectivity index (χ2n) is 3.96. The van der Waals surface area contributed by atoms with Gasteiger partial charge in [0.05, 0.1) is 0 Å². The molecule has 0 fully saturated rings. The van der Waals surface area contributed by atoms with E-state index in [1.165, 1.54) is 18.2 Å². The van der Waals surface area contributed by atoms with Gasteiger partial charge in [0.25, 0.3) is 5.91 Å². The summed E-state index contributed by atoms with van der Waals surface area (Å²) in [4.78, 5) is 35.9. The highest BCUT2D eigenvalue weighted by atomic mass is 16.4. The normalized spacial score (nSPS) is 12.2. The van der Waals surface area contributed by atoms with Gasteiger partial charge in [0, 0.05) is 6.07 Å². The lowest BCUT2D eigenvalue weighted by molar-refractivity contribution is -0.140. The molecule has 1 atom stereocenters. The van der Waals surface area contributed by atoms with Crippen molar-refractivity contribution in [1.29, 1.82) is 0 Å². The van der Waals surface area contributed by atoms with Crippen molar-refractivity contribution >= 4 is 11.9 Å². The monoisotopic (exact) mass is 238 g/mol. The third-order valence-electron chi connectivity index (χ3n) is 2.23. The first-order chi connectivity index (χ1) is 7.91. The fraction of sp³-hybridized carbons (Fsp3) is 0.364. The number of hydrogen-bond donors (Lipinski definition) is 3. The van der Waals surface area contributed by atoms with Crippen LogP contribution in [0.5, 0.6) is 0 Å². The molecule has 0 aliphatic carbocycles. The molecule has 17 heavy (non-hydrogen) atoms. The first-order valence-corrected chi connectivity index (χ1v) is 5.15. The minimum absolute atomic E-state index is 0.0457. The Bertz CT molecular complexity index is 478. The highest BCUT2D eigenvalue weighted by molar-refractivity contribution is 5.94. The van der Waals surface area contributed by atoms with E-state index in [2.05, 4.69) is 10.3 Å². The average molecular weight is 238 g/mol. The Hall–Kier alpha value is -2.11. The zero-order valence-corrected chi connectivity index (χ0v) is 9.56. The second-order valence-corrected chi connectivity index (χ2v) is 3.96. The summed E-state index contributed by atoms with van der Waals surface area (Å²) in [5.41, 5.74) is -0.363. The number of aliphatic carboxylic acids is 1. The van der Waals surface area contributed by atoms with Crippen molar-refractivity contribution in [3.8, 4) is 0 Å². The van der Waals surface area contributed by atoms with Gasteiger partial charge in [0.15, 0.2) is 0 Å². The van der Waals surface area contributed by atoms with Crippen LogP contribution < -0.4 is 10.9 Å². The van der Waals surface area contributed by atoms with E-state index in [4.69, 9.17) is 5.11 Å². The molecule has 0 saturated carbocycles. The standard InChI is InChI=1S/C11H14N2O4/c1-6(2)9(11(16)17)13-10(15)7-4-3-5-8(14)12-7/h3-6,9H,1-2H3,(H,12,14)(H,13,15)(H,16,17)/t9-/m0/s1. The first kappa shape index (κ1) is 13.0. The topological polar surface area (TPSA) is 99.3 Å². The number of aromatic nitrogens is 1. The third kappa shape index (κ3) is 3.44. The van der Waals surface area contributed by atoms with Crippen molar-refractivity contribution in [3.63, 3.8) is 0 Å². The molecular formula is C11H14N2O4. The fourth-order valence-corrected chi connectivity index (χ4v) is 1.31. The van der Waals surface area contributed by atoms with Crippen LogP contribution in [0.15, 0.2) is 23.0 Å². The Morgan fingerprint density at radius 1 is 1.35 bits per heavy atom. The van der Waals surface area contributed by atoms with Crippen LogP contribution in [0.2, 0.25) is 0 Å². The van der Waals surface area contributed by atoms with E-state index in [1.807, 2.05) is 0 Å². The summed E-state index contributed by atoms with van der Waals surface area (Å²) >= 11 is 0. The minimum atomic E-state index is -1.10. The van der Waals surface area contributed by atoms with Crippen LogP contribution in [0.3, 0.4) is 0 Å². The number of rotatable bonds is 4. The Morgan fingerprint density at radius 2 is 2.00 bits per heavy atom. The molecule has 0 aromatic carbocycles. The van der Waals surface area contributed by atoms with Gasteiger partial charge in [0.1, 0.15) is 11.7 Å². The van der Waals surface area contributed by atoms with Crippen LogP contribution in [0.25, 0.3) is 0 Å². The van der Waals surface area contributed by atoms with Crippen molar-refractivity contribution < 1.29 is 14.7 Å². The van der Waals surface area contributed by atoms with E-state index < -0.39 is 23.5 Å². The van der Waals surface area contributed by atoms with Gasteiger partial charge >= 0.3 is 5.97 Å². The summed E-state index contributed by atoms with van der Waals surface area (Å²) in [6.45, 7) is 3.37. The summed E-state index contributed by atoms with van der Waals surface area (Å²) in [5, 5.41) is 11.3. The van der Waals surface area contributed by atoms with Crippen LogP contribution in [0, 0.1) is 5.92 Å². The van der Waals surface area contributed by atoms with Crippen LogP contribution in [-0.4, -0.2) is 28.0 Å². The smallest absolute Gasteiger partial charge is 0.326 e. The molecule has 0 spiro atoms. The number of hydrogen-bond acceptors (Lipinski definition) is 3. The molecule has 6 heteroatoms. The van der Waals surface area contributed by atoms with Gasteiger partial charge in [-0.15, -0.1) is 0 Å². The van der Waals surface area contributed by atoms with Crippen LogP contribution in [0.1, 0.15) is 24.3 Å². The fourth-order valence-electron chi connectivity index (χ4n) is 1.31. The number of carboxylic acid groups (broad SMARTS) is 1. The molecule has 0 aliphatic heterocycles. The number of carbonyl (C=O) groups excluding carboxylic acids is 1. The van der Waals surface area contributed by atoms with Gasteiger partial charge in [-0.1, -0.05) is 19.9 Å². The molecule has 1 aromatic heterocycles. The highest BCUT2D eigenvalue weighted by Crippen LogP contribution is 2.03. The number of carboxylic acids is 1. The molecule has 0 bridgehead atoms. The lowest BCUT2D eigenvalue weighted by atomic mass is 10.0. The van der Waals surface area contributed by atoms with E-state index in [0.717, 1.165) is 0 Å². The summed E-state index contributed by atoms with van der Waals surface area (Å²) in [5.74, 6) is -1.96. The Balaban J connectivity index is 2.85. The van der Waals surface area contributed by atoms with Gasteiger partial charge in [0.2, 0.25) is 5.56 Å². The first-order valence-electron chi connectivity index (χ1n) is 5.15. The molecule has 3 N–H and O–H groups in total. The van der Waals surface area contributed by atoms with E-state index in [9.17, 15) is 14.4 Å². The van der Waals surface area contributed by atoms with Crippen LogP contribution >= 0.6 is 0 Å². The Labute approximate surface area is 97.7 Å². The van der Waals surface area contributed by atoms with Crippen LogP contribution in [-0.2, 0) is 4.79 Å². The minimum Gasteiger partial charge on any atom is -0.480 e. The van der Waals surface area contributed by atoms with Crippen LogP contribution in [0.4, 0.5) is 0 Å². The average Bonchev–Trinajstić information content (AvgIpc) is 2.24. The number of pyridine rings is 1. The Kier molecular flexibility index (Phi) is 4.03. The molecule has 0 aliphatic rings. The van der Waals surface area contributed by atoms with E-state index in [-0.39, 0.29) is 11.6 Å². The highest BCUT2D eigenvalue weighted by Gasteiger charge is 2.24. The number of carbonyl (C=O) groups is 2. The quantitative estimate of drug-likeness (QED) is 0.698. The number of H-pyrrole nitrogens is 1. The predicted molar refractivity (Wildman–Crippen MR) is 60.8 cm³/mol. The van der Waals surface area contributed by atoms with E-state index in [0.29, 0.717) is 0 Å². The van der Waals surface area contributed by atoms with E-state index >= 15 is 0 Å². The molecule has 92 valence electrons. The maximum absolute atomic E-state index is 11.7. The molecule has 0 saturated heterocycles. The van der Waals surface area contributed by atoms with Gasteiger partial charge in [-0.25, -0.2) is 4.79 Å². The van der Waals surface area contributed by atoms with Crippen molar-refractivity contribution in [2.75, 3.05) is 0 Å². The lowest BCUT2D eigenvalue weighted by Crippen LogP contribution is -2.44. The largest absolute Gasteiger partial charge is 0.480 e. The zero-order valence-electron chi connectivity index (χ0n) is 9.56. The van der Waals surface area contributed by atoms with Gasteiger partial charge < -0.3 is 15.4 Å². The van der Waals surface area contributed by atoms with Gasteiger partial charge in [-0.3, -0.25) is 9.59 Å². The third-order valence-corrected chi connectivity index (χ3v) is 2.23. The maximum Gasteiger partial charge on any atom is 0.326 e. The van der Waals surface area contributed by atoms with Crippen molar-refractivity contribution in [2.24, 2.45) is 5.92 Å². The van der Waals surface area contributed by atoms with Crippen molar-refractivity contribution in [3.05, 3.63) is 34.2 Å². The molecular weight excluding hydrogens is 224 g/mol. The summed E-state index contributed by atoms with van der Waals surface area (Å²) < 4.78 is 0. The lowest BCUT2D eigenvalue weighted by Gasteiger charge is -2.17. The predicted octanol–water partition coefficient (Wildman–Crippen LogP) is 0.214. The van der Waals surface area contributed by atoms with Crippen molar-refractivity contribution in [2.45, 2.75) is 19.9 Å². The maximum atomic E-state index is 11.7. The Morgan fingerprint density at radius 3 is 2.47 bits per heavy atom. The molecule has 6 nitrogen and oxygen atoms in total. The number of amides is 1. The zero-order chi connectivity index (χ0) is 13.0.